The Hall–Kier alpha value is -1.32. The van der Waals surface area contributed by atoms with Crippen LogP contribution in [0.2, 0.25) is 0 Å². The van der Waals surface area contributed by atoms with Crippen molar-refractivity contribution in [2.75, 3.05) is 6.26 Å². The van der Waals surface area contributed by atoms with E-state index in [4.69, 9.17) is 10.9 Å². The van der Waals surface area contributed by atoms with Crippen LogP contribution in [0, 0.1) is 0 Å². The Balaban J connectivity index is 1.99. The number of aryl methyl sites for hydroxylation is 2. The summed E-state index contributed by atoms with van der Waals surface area (Å²) >= 11 is 4.48. The van der Waals surface area contributed by atoms with Crippen molar-refractivity contribution in [2.45, 2.75) is 33.0 Å². The Morgan fingerprint density at radius 1 is 1.38 bits per heavy atom. The molecule has 0 saturated heterocycles. The lowest BCUT2D eigenvalue weighted by atomic mass is 10.1. The largest absolute Gasteiger partial charge is 0.409 e. The number of rotatable bonds is 4. The Morgan fingerprint density at radius 3 is 2.90 bits per heavy atom. The van der Waals surface area contributed by atoms with Crippen LogP contribution in [0.5, 0.6) is 0 Å². The van der Waals surface area contributed by atoms with Gasteiger partial charge in [-0.2, -0.15) is 0 Å². The second-order valence-corrected chi connectivity index (χ2v) is 7.69. The molecule has 0 radical (unpaired) electrons. The number of amidine groups is 1. The van der Waals surface area contributed by atoms with E-state index in [9.17, 15) is 0 Å². The second kappa shape index (κ2) is 6.20. The van der Waals surface area contributed by atoms with Crippen LogP contribution >= 0.6 is 34.9 Å². The van der Waals surface area contributed by atoms with Gasteiger partial charge in [-0.3, -0.25) is 0 Å². The van der Waals surface area contributed by atoms with E-state index in [-0.39, 0.29) is 5.84 Å². The van der Waals surface area contributed by atoms with E-state index in [0.29, 0.717) is 5.56 Å². The molecule has 2 aromatic heterocycles. The Labute approximate surface area is 134 Å². The van der Waals surface area contributed by atoms with Gasteiger partial charge in [0, 0.05) is 5.69 Å². The number of pyridine rings is 1. The highest BCUT2D eigenvalue weighted by Crippen LogP contribution is 2.35. The van der Waals surface area contributed by atoms with E-state index in [1.807, 2.05) is 12.3 Å². The molecule has 0 aliphatic heterocycles. The van der Waals surface area contributed by atoms with Crippen molar-refractivity contribution in [2.24, 2.45) is 10.9 Å². The maximum absolute atomic E-state index is 8.97. The minimum atomic E-state index is 0.0781. The van der Waals surface area contributed by atoms with Crippen molar-refractivity contribution >= 4 is 40.7 Å². The minimum Gasteiger partial charge on any atom is -0.409 e. The number of nitrogens with zero attached hydrogens (tertiary/aromatic N) is 4. The smallest absolute Gasteiger partial charge is 0.181 e. The fourth-order valence-corrected chi connectivity index (χ4v) is 4.65. The Bertz CT molecular complexity index is 700. The van der Waals surface area contributed by atoms with Crippen molar-refractivity contribution in [1.82, 2.24) is 15.2 Å². The first-order valence-corrected chi connectivity index (χ1v) is 9.13. The molecule has 0 amide bonds. The van der Waals surface area contributed by atoms with Gasteiger partial charge < -0.3 is 10.9 Å². The number of nitrogens with two attached hydrogens (primary N) is 1. The summed E-state index contributed by atoms with van der Waals surface area (Å²) in [5.74, 6) is 0.0781. The number of hydrogen-bond acceptors (Lipinski definition) is 8. The van der Waals surface area contributed by atoms with E-state index in [1.54, 1.807) is 11.8 Å². The van der Waals surface area contributed by atoms with E-state index in [1.165, 1.54) is 28.7 Å². The van der Waals surface area contributed by atoms with Gasteiger partial charge in [0.15, 0.2) is 14.5 Å². The van der Waals surface area contributed by atoms with Crippen molar-refractivity contribution in [1.29, 1.82) is 0 Å². The Morgan fingerprint density at radius 2 is 2.19 bits per heavy atom. The molecule has 9 heteroatoms. The van der Waals surface area contributed by atoms with Gasteiger partial charge >= 0.3 is 0 Å². The highest BCUT2D eigenvalue weighted by atomic mass is 32.2. The predicted molar refractivity (Wildman–Crippen MR) is 84.6 cm³/mol. The lowest BCUT2D eigenvalue weighted by molar-refractivity contribution is 0.318. The molecule has 2 aromatic rings. The van der Waals surface area contributed by atoms with Gasteiger partial charge in [-0.05, 0) is 48.9 Å². The zero-order chi connectivity index (χ0) is 14.8. The molecular weight excluding hydrogens is 326 g/mol. The van der Waals surface area contributed by atoms with E-state index in [2.05, 4.69) is 20.3 Å². The fraction of sp³-hybridized carbons (Fsp3) is 0.333. The summed E-state index contributed by atoms with van der Waals surface area (Å²) in [6.07, 6.45) is 5.03. The van der Waals surface area contributed by atoms with Gasteiger partial charge in [0.05, 0.1) is 5.56 Å². The van der Waals surface area contributed by atoms with Crippen LogP contribution in [0.1, 0.15) is 23.2 Å². The molecule has 0 bridgehead atoms. The van der Waals surface area contributed by atoms with E-state index in [0.717, 1.165) is 38.7 Å². The molecule has 110 valence electrons. The molecule has 0 saturated carbocycles. The van der Waals surface area contributed by atoms with Crippen LogP contribution in [-0.2, 0) is 12.8 Å². The molecule has 0 spiro atoms. The van der Waals surface area contributed by atoms with Gasteiger partial charge in [-0.1, -0.05) is 28.3 Å². The van der Waals surface area contributed by atoms with Gasteiger partial charge in [0.2, 0.25) is 0 Å². The third-order valence-corrected chi connectivity index (χ3v) is 6.10. The predicted octanol–water partition coefficient (Wildman–Crippen LogP) is 2.39. The molecule has 0 fully saturated rings. The fourth-order valence-electron chi connectivity index (χ4n) is 2.17. The summed E-state index contributed by atoms with van der Waals surface area (Å²) in [5.41, 5.74) is 8.72. The van der Waals surface area contributed by atoms with Crippen LogP contribution in [0.25, 0.3) is 0 Å². The average molecular weight is 339 g/mol. The summed E-state index contributed by atoms with van der Waals surface area (Å²) in [6.45, 7) is 0. The lowest BCUT2D eigenvalue weighted by Gasteiger charge is -2.08. The van der Waals surface area contributed by atoms with E-state index >= 15 is 0 Å². The van der Waals surface area contributed by atoms with Gasteiger partial charge in [0.25, 0.3) is 0 Å². The Kier molecular flexibility index (Phi) is 4.32. The summed E-state index contributed by atoms with van der Waals surface area (Å²) in [6, 6.07) is 1.98. The number of oxime groups is 1. The summed E-state index contributed by atoms with van der Waals surface area (Å²) in [7, 11) is 0. The van der Waals surface area contributed by atoms with Crippen LogP contribution < -0.4 is 5.73 Å². The average Bonchev–Trinajstić information content (AvgIpc) is 3.14. The van der Waals surface area contributed by atoms with Gasteiger partial charge in [0.1, 0.15) is 5.03 Å². The normalized spacial score (nSPS) is 14.4. The number of aromatic nitrogens is 3. The monoisotopic (exact) mass is 339 g/mol. The summed E-state index contributed by atoms with van der Waals surface area (Å²) < 4.78 is 1.71. The third kappa shape index (κ3) is 2.99. The maximum atomic E-state index is 8.97. The first kappa shape index (κ1) is 14.6. The van der Waals surface area contributed by atoms with Crippen LogP contribution in [0.3, 0.4) is 0 Å². The zero-order valence-electron chi connectivity index (χ0n) is 11.2. The van der Waals surface area contributed by atoms with Crippen molar-refractivity contribution in [3.63, 3.8) is 0 Å². The number of hydrogen-bond donors (Lipinski definition) is 2. The SMILES string of the molecule is CSc1nnc(Sc2nc3c(cc2C(N)=NO)CCC3)s1. The molecule has 21 heavy (non-hydrogen) atoms. The first-order valence-electron chi connectivity index (χ1n) is 6.27. The second-order valence-electron chi connectivity index (χ2n) is 4.43. The quantitative estimate of drug-likeness (QED) is 0.290. The topological polar surface area (TPSA) is 97.3 Å². The van der Waals surface area contributed by atoms with Crippen molar-refractivity contribution in [3.8, 4) is 0 Å². The first-order chi connectivity index (χ1) is 10.2. The highest BCUT2D eigenvalue weighted by molar-refractivity contribution is 8.03. The minimum absolute atomic E-state index is 0.0781. The summed E-state index contributed by atoms with van der Waals surface area (Å²) in [4.78, 5) is 4.68. The van der Waals surface area contributed by atoms with Gasteiger partial charge in [-0.15, -0.1) is 10.2 Å². The van der Waals surface area contributed by atoms with Crippen LogP contribution in [-0.4, -0.2) is 32.5 Å². The van der Waals surface area contributed by atoms with Crippen LogP contribution in [0.15, 0.2) is 24.9 Å². The molecule has 0 atom stereocenters. The number of thioether (sulfide) groups is 1. The van der Waals surface area contributed by atoms with Gasteiger partial charge in [-0.25, -0.2) is 4.98 Å². The molecule has 2 heterocycles. The summed E-state index contributed by atoms with van der Waals surface area (Å²) in [5, 5.41) is 21.0. The van der Waals surface area contributed by atoms with E-state index < -0.39 is 0 Å². The number of fused-ring (bicyclic) bond motifs is 1. The molecule has 0 aromatic carbocycles. The molecule has 3 N–H and O–H groups in total. The molecule has 6 nitrogen and oxygen atoms in total. The van der Waals surface area contributed by atoms with Crippen LogP contribution in [0.4, 0.5) is 0 Å². The maximum Gasteiger partial charge on any atom is 0.181 e. The zero-order valence-corrected chi connectivity index (χ0v) is 13.7. The van der Waals surface area contributed by atoms with Crippen molar-refractivity contribution in [3.05, 3.63) is 22.9 Å². The molecular formula is C12H13N5OS3. The molecule has 0 unspecified atom stereocenters. The van der Waals surface area contributed by atoms with Crippen molar-refractivity contribution < 1.29 is 5.21 Å². The molecule has 3 rings (SSSR count). The molecule has 1 aliphatic rings. The molecule has 1 aliphatic carbocycles. The highest BCUT2D eigenvalue weighted by Gasteiger charge is 2.20. The third-order valence-electron chi connectivity index (χ3n) is 3.15. The standard InChI is InChI=1S/C12H13N5OS3/c1-19-11-15-16-12(21-11)20-10-7(9(13)17-18)5-6-3-2-4-8(6)14-10/h5,18H,2-4H2,1H3,(H2,13,17). The lowest BCUT2D eigenvalue weighted by Crippen LogP contribution is -2.16.